The highest BCUT2D eigenvalue weighted by Crippen LogP contribution is 2.61. The number of methoxy groups -OCH3 is 2. The van der Waals surface area contributed by atoms with Crippen LogP contribution < -0.4 is 20.1 Å². The number of piperidine rings is 1. The lowest BCUT2D eigenvalue weighted by atomic mass is 9.61. The summed E-state index contributed by atoms with van der Waals surface area (Å²) in [6.45, 7) is 2.63. The summed E-state index contributed by atoms with van der Waals surface area (Å²) in [7, 11) is 3.25. The van der Waals surface area contributed by atoms with Gasteiger partial charge in [-0.05, 0) is 86.5 Å². The van der Waals surface area contributed by atoms with E-state index in [1.54, 1.807) is 14.2 Å². The van der Waals surface area contributed by atoms with Gasteiger partial charge in [-0.15, -0.1) is 0 Å². The van der Waals surface area contributed by atoms with Crippen molar-refractivity contribution in [3.8, 4) is 11.5 Å². The fourth-order valence-electron chi connectivity index (χ4n) is 8.15. The Balaban J connectivity index is 1.11. The van der Waals surface area contributed by atoms with Crippen LogP contribution in [0.3, 0.4) is 0 Å². The molecule has 2 saturated carbocycles. The molecule has 2 saturated heterocycles. The molecule has 2 heterocycles. The first kappa shape index (κ1) is 25.7. The van der Waals surface area contributed by atoms with Gasteiger partial charge < -0.3 is 29.7 Å². The molecule has 8 nitrogen and oxygen atoms in total. The zero-order chi connectivity index (χ0) is 26.5. The predicted octanol–water partition coefficient (Wildman–Crippen LogP) is 4.03. The maximum Gasteiger partial charge on any atom is 0.315 e. The molecule has 2 aliphatic heterocycles. The molecule has 2 unspecified atom stereocenters. The number of likely N-dealkylation sites (tertiary alicyclic amines) is 1. The van der Waals surface area contributed by atoms with Gasteiger partial charge in [0.05, 0.1) is 14.2 Å². The van der Waals surface area contributed by atoms with Crippen LogP contribution in [0.25, 0.3) is 0 Å². The SMILES string of the molecule is COc1cc2c(cc1OC)C1CC3(F)CC2CC(NC(=O)NC2CCN(C(=O)C4CCOCC4)CC2)(C1)C3. The summed E-state index contributed by atoms with van der Waals surface area (Å²) in [4.78, 5) is 28.1. The second-order valence-electron chi connectivity index (χ2n) is 12.2. The van der Waals surface area contributed by atoms with Crippen LogP contribution in [0.4, 0.5) is 9.18 Å². The molecular weight excluding hydrogens is 489 g/mol. The normalized spacial score (nSPS) is 32.9. The first-order valence-electron chi connectivity index (χ1n) is 14.2. The molecule has 7 rings (SSSR count). The Bertz CT molecular complexity index is 1040. The fourth-order valence-corrected chi connectivity index (χ4v) is 8.15. The number of urea groups is 1. The van der Waals surface area contributed by atoms with Crippen LogP contribution in [0.5, 0.6) is 11.5 Å². The van der Waals surface area contributed by atoms with Gasteiger partial charge in [0.2, 0.25) is 5.91 Å². The summed E-state index contributed by atoms with van der Waals surface area (Å²) in [5.74, 6) is 1.67. The molecule has 1 aromatic carbocycles. The Labute approximate surface area is 223 Å². The number of carbonyl (C=O) groups excluding carboxylic acids is 2. The molecule has 4 fully saturated rings. The smallest absolute Gasteiger partial charge is 0.315 e. The van der Waals surface area contributed by atoms with Crippen LogP contribution in [0.1, 0.15) is 80.8 Å². The Hall–Kier alpha value is -2.55. The monoisotopic (exact) mass is 529 g/mol. The van der Waals surface area contributed by atoms with Gasteiger partial charge in [-0.3, -0.25) is 4.79 Å². The zero-order valence-electron chi connectivity index (χ0n) is 22.5. The molecule has 38 heavy (non-hydrogen) atoms. The molecule has 6 aliphatic rings. The molecule has 0 spiro atoms. The highest BCUT2D eigenvalue weighted by atomic mass is 19.1. The summed E-state index contributed by atoms with van der Waals surface area (Å²) < 4.78 is 32.7. The standard InChI is InChI=1S/C29H40FN3O5/c1-36-24-11-22-19-13-28(30)14-20(23(22)12-25(24)37-2)16-29(15-19,17-28)32-27(35)31-21-3-7-33(8-4-21)26(34)18-5-9-38-10-6-18/h11-12,18-21H,3-10,13-17H2,1-2H3,(H2,31,32,35). The van der Waals surface area contributed by atoms with Crippen molar-refractivity contribution in [2.45, 2.75) is 86.9 Å². The van der Waals surface area contributed by atoms with Crippen molar-refractivity contribution in [3.63, 3.8) is 0 Å². The Morgan fingerprint density at radius 3 is 2.08 bits per heavy atom. The Morgan fingerprint density at radius 2 is 1.53 bits per heavy atom. The average molecular weight is 530 g/mol. The number of benzene rings is 1. The first-order valence-corrected chi connectivity index (χ1v) is 14.2. The van der Waals surface area contributed by atoms with E-state index in [1.807, 2.05) is 17.0 Å². The molecule has 4 aliphatic carbocycles. The van der Waals surface area contributed by atoms with Crippen molar-refractivity contribution in [1.82, 2.24) is 15.5 Å². The van der Waals surface area contributed by atoms with E-state index >= 15 is 4.39 Å². The number of halogens is 1. The van der Waals surface area contributed by atoms with Gasteiger partial charge in [-0.25, -0.2) is 9.18 Å². The Kier molecular flexibility index (Phi) is 6.69. The van der Waals surface area contributed by atoms with Gasteiger partial charge in [-0.1, -0.05) is 0 Å². The second kappa shape index (κ2) is 9.88. The van der Waals surface area contributed by atoms with Gasteiger partial charge in [0.1, 0.15) is 5.67 Å². The molecule has 4 bridgehead atoms. The predicted molar refractivity (Wildman–Crippen MR) is 139 cm³/mol. The van der Waals surface area contributed by atoms with E-state index in [1.165, 1.54) is 0 Å². The van der Waals surface area contributed by atoms with E-state index < -0.39 is 11.2 Å². The molecule has 3 amide bonds. The summed E-state index contributed by atoms with van der Waals surface area (Å²) in [5.41, 5.74) is 0.397. The lowest BCUT2D eigenvalue weighted by Gasteiger charge is -2.51. The molecule has 0 aromatic heterocycles. The summed E-state index contributed by atoms with van der Waals surface area (Å²) in [6, 6.07) is 3.84. The lowest BCUT2D eigenvalue weighted by Crippen LogP contribution is -2.62. The number of ether oxygens (including phenoxy) is 3. The average Bonchev–Trinajstić information content (AvgIpc) is 3.04. The number of hydrogen-bond donors (Lipinski definition) is 2. The van der Waals surface area contributed by atoms with Crippen molar-refractivity contribution >= 4 is 11.9 Å². The van der Waals surface area contributed by atoms with Crippen molar-refractivity contribution < 1.29 is 28.2 Å². The van der Waals surface area contributed by atoms with Crippen LogP contribution in [0.2, 0.25) is 0 Å². The van der Waals surface area contributed by atoms with E-state index in [2.05, 4.69) is 10.6 Å². The molecule has 2 atom stereocenters. The first-order chi connectivity index (χ1) is 18.3. The summed E-state index contributed by atoms with van der Waals surface area (Å²) in [5, 5.41) is 6.42. The number of alkyl halides is 1. The third-order valence-corrected chi connectivity index (χ3v) is 9.71. The van der Waals surface area contributed by atoms with Crippen LogP contribution in [0, 0.1) is 5.92 Å². The molecule has 2 N–H and O–H groups in total. The third-order valence-electron chi connectivity index (χ3n) is 9.71. The fraction of sp³-hybridized carbons (Fsp3) is 0.724. The lowest BCUT2D eigenvalue weighted by molar-refractivity contribution is -0.139. The van der Waals surface area contributed by atoms with E-state index in [0.717, 1.165) is 49.7 Å². The third kappa shape index (κ3) is 4.71. The van der Waals surface area contributed by atoms with Crippen molar-refractivity contribution in [3.05, 3.63) is 23.3 Å². The van der Waals surface area contributed by atoms with Crippen LogP contribution in [-0.2, 0) is 9.53 Å². The summed E-state index contributed by atoms with van der Waals surface area (Å²) in [6.07, 6.45) is 5.84. The highest BCUT2D eigenvalue weighted by molar-refractivity contribution is 5.79. The van der Waals surface area contributed by atoms with Gasteiger partial charge in [-0.2, -0.15) is 0 Å². The van der Waals surface area contributed by atoms with Gasteiger partial charge in [0.25, 0.3) is 0 Å². The quantitative estimate of drug-likeness (QED) is 0.602. The Morgan fingerprint density at radius 1 is 0.947 bits per heavy atom. The number of hydrogen-bond acceptors (Lipinski definition) is 5. The van der Waals surface area contributed by atoms with Gasteiger partial charge in [0.15, 0.2) is 11.5 Å². The second-order valence-corrected chi connectivity index (χ2v) is 12.2. The van der Waals surface area contributed by atoms with Crippen molar-refractivity contribution in [1.29, 1.82) is 0 Å². The maximum absolute atomic E-state index is 16.2. The molecule has 0 radical (unpaired) electrons. The highest BCUT2D eigenvalue weighted by Gasteiger charge is 2.58. The minimum atomic E-state index is -1.30. The molecular formula is C29H40FN3O5. The largest absolute Gasteiger partial charge is 0.493 e. The molecule has 208 valence electrons. The van der Waals surface area contributed by atoms with Crippen LogP contribution >= 0.6 is 0 Å². The maximum atomic E-state index is 16.2. The minimum Gasteiger partial charge on any atom is -0.493 e. The number of carbonyl (C=O) groups is 2. The number of rotatable bonds is 5. The molecule has 9 heteroatoms. The van der Waals surface area contributed by atoms with Crippen LogP contribution in [-0.4, -0.2) is 74.6 Å². The van der Waals surface area contributed by atoms with Gasteiger partial charge >= 0.3 is 6.03 Å². The van der Waals surface area contributed by atoms with E-state index in [0.29, 0.717) is 57.1 Å². The van der Waals surface area contributed by atoms with E-state index in [-0.39, 0.29) is 35.7 Å². The van der Waals surface area contributed by atoms with E-state index in [4.69, 9.17) is 14.2 Å². The summed E-state index contributed by atoms with van der Waals surface area (Å²) >= 11 is 0. The number of nitrogens with zero attached hydrogens (tertiary/aromatic N) is 1. The number of nitrogens with one attached hydrogen (secondary N) is 2. The number of amides is 3. The van der Waals surface area contributed by atoms with Crippen molar-refractivity contribution in [2.75, 3.05) is 40.5 Å². The van der Waals surface area contributed by atoms with E-state index in [9.17, 15) is 9.59 Å². The molecule has 1 aromatic rings. The van der Waals surface area contributed by atoms with Crippen LogP contribution in [0.15, 0.2) is 12.1 Å². The van der Waals surface area contributed by atoms with Crippen molar-refractivity contribution in [2.24, 2.45) is 5.92 Å². The topological polar surface area (TPSA) is 89.1 Å². The zero-order valence-corrected chi connectivity index (χ0v) is 22.5. The van der Waals surface area contributed by atoms with Gasteiger partial charge in [0, 0.05) is 50.2 Å². The minimum absolute atomic E-state index is 0.00916.